The fourth-order valence-electron chi connectivity index (χ4n) is 8.10. The van der Waals surface area contributed by atoms with Gasteiger partial charge in [0.05, 0.1) is 34.4 Å². The van der Waals surface area contributed by atoms with Crippen LogP contribution in [0.15, 0.2) is 36.5 Å². The number of carbonyl (C=O) groups is 3. The lowest BCUT2D eigenvalue weighted by atomic mass is 10.0. The van der Waals surface area contributed by atoms with Crippen LogP contribution < -0.4 is 0 Å². The van der Waals surface area contributed by atoms with Gasteiger partial charge in [-0.1, -0.05) is 217 Å². The Balaban J connectivity index is 4.20. The molecule has 0 amide bonds. The minimum absolute atomic E-state index is 0.0502. The van der Waals surface area contributed by atoms with Gasteiger partial charge in [-0.25, -0.2) is 4.79 Å². The van der Waals surface area contributed by atoms with Crippen molar-refractivity contribution in [1.29, 1.82) is 0 Å². The van der Waals surface area contributed by atoms with Crippen molar-refractivity contribution in [1.82, 2.24) is 0 Å². The second-order valence-electron chi connectivity index (χ2n) is 19.5. The number of carboxylic acid groups (broad SMARTS) is 1. The third-order valence-electron chi connectivity index (χ3n) is 12.3. The monoisotopic (exact) mass is 903 g/mol. The van der Waals surface area contributed by atoms with E-state index >= 15 is 0 Å². The summed E-state index contributed by atoms with van der Waals surface area (Å²) >= 11 is 0. The zero-order valence-corrected chi connectivity index (χ0v) is 42.7. The van der Waals surface area contributed by atoms with Crippen LogP contribution in [0.4, 0.5) is 0 Å². The lowest BCUT2D eigenvalue weighted by Gasteiger charge is -2.31. The Bertz CT molecular complexity index is 1140. The predicted molar refractivity (Wildman–Crippen MR) is 271 cm³/mol. The van der Waals surface area contributed by atoms with E-state index in [1.165, 1.54) is 167 Å². The topological polar surface area (TPSA) is 99.1 Å². The van der Waals surface area contributed by atoms with E-state index in [9.17, 15) is 19.5 Å². The summed E-state index contributed by atoms with van der Waals surface area (Å²) < 4.78 is 17.4. The zero-order valence-electron chi connectivity index (χ0n) is 42.7. The number of quaternary nitrogens is 1. The van der Waals surface area contributed by atoms with Crippen molar-refractivity contribution in [3.63, 3.8) is 0 Å². The molecule has 8 nitrogen and oxygen atoms in total. The molecule has 0 fully saturated rings. The van der Waals surface area contributed by atoms with Gasteiger partial charge >= 0.3 is 17.9 Å². The molecule has 8 heteroatoms. The molecule has 374 valence electrons. The van der Waals surface area contributed by atoms with Gasteiger partial charge in [-0.3, -0.25) is 9.59 Å². The number of ether oxygens (including phenoxy) is 3. The van der Waals surface area contributed by atoms with Crippen LogP contribution in [-0.2, 0) is 28.6 Å². The van der Waals surface area contributed by atoms with Crippen molar-refractivity contribution in [2.24, 2.45) is 0 Å². The van der Waals surface area contributed by atoms with E-state index in [1.54, 1.807) is 0 Å². The molecule has 64 heavy (non-hydrogen) atoms. The molecule has 0 aromatic heterocycles. The standard InChI is InChI=1S/C56H103NO7/c1-6-8-10-12-14-16-18-20-22-24-26-27-28-29-31-32-34-36-38-40-42-44-46-54(58)63-51-52(50-62-49-48-53(56(60)61)57(3,4)5)64-55(59)47-45-43-41-39-37-35-33-30-25-23-21-19-17-15-13-11-9-7-2/h14,16,20,22,26-27,52-53H,6-13,15,17-19,21,23-25,28-51H2,1-5H3/p+1/b16-14+,22-20+,27-26+. The molecule has 0 saturated heterocycles. The van der Waals surface area contributed by atoms with Crippen LogP contribution in [0, 0.1) is 0 Å². The predicted octanol–water partition coefficient (Wildman–Crippen LogP) is 15.8. The number of esters is 2. The molecular formula is C56H104NO7+. The minimum Gasteiger partial charge on any atom is -0.477 e. The van der Waals surface area contributed by atoms with Crippen LogP contribution in [0.25, 0.3) is 0 Å². The van der Waals surface area contributed by atoms with Crippen molar-refractivity contribution < 1.29 is 38.2 Å². The van der Waals surface area contributed by atoms with E-state index in [1.807, 2.05) is 21.1 Å². The molecule has 0 heterocycles. The van der Waals surface area contributed by atoms with Gasteiger partial charge in [-0.05, 0) is 51.4 Å². The van der Waals surface area contributed by atoms with Crippen molar-refractivity contribution in [3.05, 3.63) is 36.5 Å². The van der Waals surface area contributed by atoms with Crippen LogP contribution in [0.2, 0.25) is 0 Å². The number of hydrogen-bond donors (Lipinski definition) is 1. The molecule has 0 radical (unpaired) electrons. The molecule has 0 aliphatic rings. The average molecular weight is 903 g/mol. The normalized spacial score (nSPS) is 13.1. The van der Waals surface area contributed by atoms with Crippen LogP contribution in [0.5, 0.6) is 0 Å². The van der Waals surface area contributed by atoms with Gasteiger partial charge in [-0.15, -0.1) is 0 Å². The summed E-state index contributed by atoms with van der Waals surface area (Å²) in [5.41, 5.74) is 0. The van der Waals surface area contributed by atoms with Crippen LogP contribution in [0.1, 0.15) is 251 Å². The summed E-state index contributed by atoms with van der Waals surface area (Å²) in [7, 11) is 5.54. The number of hydrogen-bond acceptors (Lipinski definition) is 6. The molecule has 0 rings (SSSR count). The Labute approximate surface area is 395 Å². The maximum atomic E-state index is 12.8. The molecule has 1 N–H and O–H groups in total. The van der Waals surface area contributed by atoms with Gasteiger partial charge < -0.3 is 23.8 Å². The van der Waals surface area contributed by atoms with Crippen LogP contribution in [-0.4, -0.2) is 80.6 Å². The number of nitrogens with zero attached hydrogens (tertiary/aromatic N) is 1. The van der Waals surface area contributed by atoms with Gasteiger partial charge in [0, 0.05) is 19.3 Å². The van der Waals surface area contributed by atoms with E-state index < -0.39 is 18.1 Å². The molecular weight excluding hydrogens is 799 g/mol. The molecule has 0 spiro atoms. The first-order valence-corrected chi connectivity index (χ1v) is 27.0. The number of carboxylic acids is 1. The highest BCUT2D eigenvalue weighted by molar-refractivity contribution is 5.72. The van der Waals surface area contributed by atoms with E-state index in [0.717, 1.165) is 51.4 Å². The summed E-state index contributed by atoms with van der Waals surface area (Å²) in [6.45, 7) is 4.75. The van der Waals surface area contributed by atoms with Gasteiger partial charge in [0.2, 0.25) is 0 Å². The molecule has 2 atom stereocenters. The third kappa shape index (κ3) is 44.7. The molecule has 0 aromatic carbocycles. The number of carbonyl (C=O) groups excluding carboxylic acids is 2. The number of aliphatic carboxylic acids is 1. The molecule has 2 unspecified atom stereocenters. The Morgan fingerprint density at radius 2 is 0.828 bits per heavy atom. The first kappa shape index (κ1) is 61.5. The quantitative estimate of drug-likeness (QED) is 0.0281. The Kier molecular flexibility index (Phi) is 45.3. The highest BCUT2D eigenvalue weighted by Crippen LogP contribution is 2.16. The van der Waals surface area contributed by atoms with Crippen molar-refractivity contribution in [3.8, 4) is 0 Å². The SMILES string of the molecule is CCCCC/C=C/C/C=C/C/C=C/CCCCCCCCCCCC(=O)OCC(COCCC(C(=O)O)[N+](C)(C)C)OC(=O)CCCCCCCCCCCCCCCCCCCC. The Hall–Kier alpha value is -2.45. The molecule has 0 aromatic rings. The maximum absolute atomic E-state index is 12.8. The fourth-order valence-corrected chi connectivity index (χ4v) is 8.10. The summed E-state index contributed by atoms with van der Waals surface area (Å²) in [5.74, 6) is -1.46. The van der Waals surface area contributed by atoms with Gasteiger partial charge in [0.25, 0.3) is 0 Å². The lowest BCUT2D eigenvalue weighted by Crippen LogP contribution is -2.50. The average Bonchev–Trinajstić information content (AvgIpc) is 3.26. The van der Waals surface area contributed by atoms with E-state index in [-0.39, 0.29) is 36.2 Å². The maximum Gasteiger partial charge on any atom is 0.362 e. The largest absolute Gasteiger partial charge is 0.477 e. The lowest BCUT2D eigenvalue weighted by molar-refractivity contribution is -0.887. The van der Waals surface area contributed by atoms with E-state index in [2.05, 4.69) is 50.3 Å². The first-order valence-electron chi connectivity index (χ1n) is 27.0. The van der Waals surface area contributed by atoms with E-state index in [4.69, 9.17) is 14.2 Å². The molecule has 0 saturated carbocycles. The molecule has 0 aliphatic heterocycles. The smallest absolute Gasteiger partial charge is 0.362 e. The number of rotatable bonds is 49. The van der Waals surface area contributed by atoms with Crippen molar-refractivity contribution >= 4 is 17.9 Å². The third-order valence-corrected chi connectivity index (χ3v) is 12.3. The first-order chi connectivity index (χ1) is 31.1. The van der Waals surface area contributed by atoms with Gasteiger partial charge in [0.15, 0.2) is 12.1 Å². The minimum atomic E-state index is -0.873. The number of allylic oxidation sites excluding steroid dienone is 6. The Morgan fingerprint density at radius 1 is 0.469 bits per heavy atom. The number of likely N-dealkylation sites (N-methyl/N-ethyl adjacent to an activating group) is 1. The number of unbranched alkanes of at least 4 members (excludes halogenated alkanes) is 29. The van der Waals surface area contributed by atoms with Crippen LogP contribution >= 0.6 is 0 Å². The second-order valence-corrected chi connectivity index (χ2v) is 19.5. The fraction of sp³-hybridized carbons (Fsp3) is 0.839. The van der Waals surface area contributed by atoms with Gasteiger partial charge in [0.1, 0.15) is 6.61 Å². The summed E-state index contributed by atoms with van der Waals surface area (Å²) in [6.07, 6.45) is 56.2. The van der Waals surface area contributed by atoms with Gasteiger partial charge in [-0.2, -0.15) is 0 Å². The summed E-state index contributed by atoms with van der Waals surface area (Å²) in [5, 5.41) is 9.66. The van der Waals surface area contributed by atoms with Crippen molar-refractivity contribution in [2.45, 2.75) is 264 Å². The highest BCUT2D eigenvalue weighted by atomic mass is 16.6. The van der Waals surface area contributed by atoms with E-state index in [0.29, 0.717) is 19.3 Å². The molecule has 0 aliphatic carbocycles. The summed E-state index contributed by atoms with van der Waals surface area (Å²) in [4.78, 5) is 37.2. The highest BCUT2D eigenvalue weighted by Gasteiger charge is 2.31. The van der Waals surface area contributed by atoms with Crippen molar-refractivity contribution in [2.75, 3.05) is 41.0 Å². The summed E-state index contributed by atoms with van der Waals surface area (Å²) in [6, 6.07) is -0.614. The van der Waals surface area contributed by atoms with Crippen LogP contribution in [0.3, 0.4) is 0 Å². The molecule has 0 bridgehead atoms. The Morgan fingerprint density at radius 3 is 1.25 bits per heavy atom. The zero-order chi connectivity index (χ0) is 47.0. The second kappa shape index (κ2) is 47.1.